The highest BCUT2D eigenvalue weighted by Gasteiger charge is 2.17. The second-order valence-electron chi connectivity index (χ2n) is 4.56. The second kappa shape index (κ2) is 6.10. The van der Waals surface area contributed by atoms with Crippen LogP contribution in [-0.2, 0) is 0 Å². The van der Waals surface area contributed by atoms with Crippen LogP contribution in [0.2, 0.25) is 0 Å². The molecule has 2 aromatic rings. The summed E-state index contributed by atoms with van der Waals surface area (Å²) in [4.78, 5) is 21.4. The van der Waals surface area contributed by atoms with Gasteiger partial charge in [0, 0.05) is 24.4 Å². The first-order valence-corrected chi connectivity index (χ1v) is 7.57. The molecule has 4 nitrogen and oxygen atoms in total. The number of imidazole rings is 1. The maximum atomic E-state index is 12.4. The normalized spacial score (nSPS) is 12.6. The lowest BCUT2D eigenvalue weighted by Crippen LogP contribution is -2.36. The molecule has 1 atom stereocenters. The number of nitrogens with zero attached hydrogens (tertiary/aromatic N) is 2. The molecule has 0 saturated carbocycles. The Morgan fingerprint density at radius 2 is 2.32 bits per heavy atom. The molecule has 5 heteroatoms. The third kappa shape index (κ3) is 3.10. The van der Waals surface area contributed by atoms with E-state index in [1.54, 1.807) is 11.2 Å². The van der Waals surface area contributed by atoms with Gasteiger partial charge in [0.1, 0.15) is 0 Å². The maximum absolute atomic E-state index is 12.4. The Labute approximate surface area is 117 Å². The van der Waals surface area contributed by atoms with Crippen LogP contribution in [0.5, 0.6) is 0 Å². The Morgan fingerprint density at radius 1 is 1.53 bits per heavy atom. The van der Waals surface area contributed by atoms with Crippen LogP contribution in [0.3, 0.4) is 0 Å². The fourth-order valence-electron chi connectivity index (χ4n) is 1.87. The lowest BCUT2D eigenvalue weighted by atomic mass is 10.1. The van der Waals surface area contributed by atoms with Gasteiger partial charge in [0.15, 0.2) is 0 Å². The number of carbonyl (C=O) groups excluding carboxylic acids is 1. The zero-order valence-electron chi connectivity index (χ0n) is 11.5. The number of benzene rings is 1. The first-order valence-electron chi connectivity index (χ1n) is 6.41. The summed E-state index contributed by atoms with van der Waals surface area (Å²) in [6.07, 6.45) is 1.64. The molecule has 0 spiro atoms. The van der Waals surface area contributed by atoms with Crippen LogP contribution in [0.15, 0.2) is 24.5 Å². The zero-order chi connectivity index (χ0) is 13.8. The topological polar surface area (TPSA) is 49.0 Å². The van der Waals surface area contributed by atoms with Crippen LogP contribution in [0, 0.1) is 0 Å². The van der Waals surface area contributed by atoms with Gasteiger partial charge in [-0.3, -0.25) is 4.79 Å². The van der Waals surface area contributed by atoms with Gasteiger partial charge in [0.2, 0.25) is 0 Å². The van der Waals surface area contributed by atoms with E-state index in [1.807, 2.05) is 37.0 Å². The number of aromatic nitrogens is 2. The van der Waals surface area contributed by atoms with Crippen molar-refractivity contribution in [3.63, 3.8) is 0 Å². The Hall–Kier alpha value is -1.49. The highest BCUT2D eigenvalue weighted by Crippen LogP contribution is 2.15. The number of hydrogen-bond donors (Lipinski definition) is 1. The molecule has 0 unspecified atom stereocenters. The van der Waals surface area contributed by atoms with Crippen molar-refractivity contribution in [1.29, 1.82) is 0 Å². The van der Waals surface area contributed by atoms with Crippen LogP contribution >= 0.6 is 11.8 Å². The molecule has 0 aliphatic carbocycles. The fourth-order valence-corrected chi connectivity index (χ4v) is 2.67. The van der Waals surface area contributed by atoms with Gasteiger partial charge in [-0.25, -0.2) is 4.98 Å². The number of fused-ring (bicyclic) bond motifs is 1. The Morgan fingerprint density at radius 3 is 3.05 bits per heavy atom. The number of rotatable bonds is 5. The van der Waals surface area contributed by atoms with Gasteiger partial charge in [-0.15, -0.1) is 0 Å². The van der Waals surface area contributed by atoms with Gasteiger partial charge in [0.05, 0.1) is 17.4 Å². The molecule has 0 saturated heterocycles. The molecule has 0 bridgehead atoms. The summed E-state index contributed by atoms with van der Waals surface area (Å²) in [6.45, 7) is 4.21. The summed E-state index contributed by atoms with van der Waals surface area (Å²) < 4.78 is 0. The minimum atomic E-state index is 0.0562. The Kier molecular flexibility index (Phi) is 4.47. The lowest BCUT2D eigenvalue weighted by molar-refractivity contribution is 0.0757. The number of amides is 1. The Balaban J connectivity index is 2.13. The first kappa shape index (κ1) is 13.9. The summed E-state index contributed by atoms with van der Waals surface area (Å²) in [6, 6.07) is 5.80. The molecule has 1 amide bonds. The number of aromatic amines is 1. The zero-order valence-corrected chi connectivity index (χ0v) is 12.3. The predicted molar refractivity (Wildman–Crippen MR) is 80.6 cm³/mol. The molecule has 1 heterocycles. The number of thioether (sulfide) groups is 1. The average molecular weight is 277 g/mol. The van der Waals surface area contributed by atoms with Crippen LogP contribution in [0.1, 0.15) is 24.2 Å². The molecule has 1 N–H and O–H groups in total. The van der Waals surface area contributed by atoms with E-state index in [-0.39, 0.29) is 11.9 Å². The van der Waals surface area contributed by atoms with Crippen molar-refractivity contribution >= 4 is 28.7 Å². The third-order valence-corrected chi connectivity index (χ3v) is 4.34. The minimum absolute atomic E-state index is 0.0562. The standard InChI is InChI=1S/C14H19N3OS/c1-4-19-8-10(2)17(3)14(18)11-5-6-12-13(7-11)16-9-15-12/h5-7,9-10H,4,8H2,1-3H3,(H,15,16)/t10-/m0/s1. The molecular weight excluding hydrogens is 258 g/mol. The molecule has 2 rings (SSSR count). The number of hydrogen-bond acceptors (Lipinski definition) is 3. The third-order valence-electron chi connectivity index (χ3n) is 3.21. The molecular formula is C14H19N3OS. The monoisotopic (exact) mass is 277 g/mol. The van der Waals surface area contributed by atoms with Crippen LogP contribution in [-0.4, -0.2) is 45.4 Å². The largest absolute Gasteiger partial charge is 0.345 e. The number of carbonyl (C=O) groups is 1. The van der Waals surface area contributed by atoms with Crippen LogP contribution in [0.25, 0.3) is 11.0 Å². The highest BCUT2D eigenvalue weighted by atomic mass is 32.2. The number of H-pyrrole nitrogens is 1. The van der Waals surface area contributed by atoms with Crippen molar-refractivity contribution in [2.45, 2.75) is 19.9 Å². The molecule has 0 radical (unpaired) electrons. The van der Waals surface area contributed by atoms with Crippen LogP contribution < -0.4 is 0 Å². The average Bonchev–Trinajstić information content (AvgIpc) is 2.90. The summed E-state index contributed by atoms with van der Waals surface area (Å²) in [5.41, 5.74) is 2.48. The quantitative estimate of drug-likeness (QED) is 0.914. The summed E-state index contributed by atoms with van der Waals surface area (Å²) >= 11 is 1.85. The summed E-state index contributed by atoms with van der Waals surface area (Å²) in [5, 5.41) is 0. The minimum Gasteiger partial charge on any atom is -0.345 e. The van der Waals surface area contributed by atoms with E-state index in [4.69, 9.17) is 0 Å². The van der Waals surface area contributed by atoms with Gasteiger partial charge < -0.3 is 9.88 Å². The van der Waals surface area contributed by atoms with Crippen molar-refractivity contribution in [2.75, 3.05) is 18.6 Å². The van der Waals surface area contributed by atoms with E-state index in [2.05, 4.69) is 23.8 Å². The summed E-state index contributed by atoms with van der Waals surface area (Å²) in [5.74, 6) is 2.10. The molecule has 0 fully saturated rings. The van der Waals surface area contributed by atoms with Crippen molar-refractivity contribution in [3.05, 3.63) is 30.1 Å². The lowest BCUT2D eigenvalue weighted by Gasteiger charge is -2.24. The van der Waals surface area contributed by atoms with Crippen molar-refractivity contribution < 1.29 is 4.79 Å². The van der Waals surface area contributed by atoms with Gasteiger partial charge in [0.25, 0.3) is 5.91 Å². The first-order chi connectivity index (χ1) is 9.13. The number of nitrogens with one attached hydrogen (secondary N) is 1. The van der Waals surface area contributed by atoms with Gasteiger partial charge in [-0.1, -0.05) is 6.92 Å². The SMILES string of the molecule is CCSC[C@H](C)N(C)C(=O)c1ccc2nc[nH]c2c1. The van der Waals surface area contributed by atoms with E-state index in [9.17, 15) is 4.79 Å². The molecule has 1 aromatic carbocycles. The molecule has 1 aromatic heterocycles. The van der Waals surface area contributed by atoms with Gasteiger partial charge in [-0.2, -0.15) is 11.8 Å². The molecule has 19 heavy (non-hydrogen) atoms. The summed E-state index contributed by atoms with van der Waals surface area (Å²) in [7, 11) is 1.86. The highest BCUT2D eigenvalue weighted by molar-refractivity contribution is 7.99. The van der Waals surface area contributed by atoms with Gasteiger partial charge in [-0.05, 0) is 30.9 Å². The Bertz CT molecular complexity index is 567. The van der Waals surface area contributed by atoms with Crippen molar-refractivity contribution in [3.8, 4) is 0 Å². The van der Waals surface area contributed by atoms with Crippen molar-refractivity contribution in [1.82, 2.24) is 14.9 Å². The molecule has 0 aliphatic heterocycles. The van der Waals surface area contributed by atoms with E-state index in [1.165, 1.54) is 0 Å². The van der Waals surface area contributed by atoms with E-state index in [0.29, 0.717) is 5.56 Å². The maximum Gasteiger partial charge on any atom is 0.253 e. The van der Waals surface area contributed by atoms with E-state index in [0.717, 1.165) is 22.5 Å². The smallest absolute Gasteiger partial charge is 0.253 e. The van der Waals surface area contributed by atoms with E-state index >= 15 is 0 Å². The van der Waals surface area contributed by atoms with E-state index < -0.39 is 0 Å². The van der Waals surface area contributed by atoms with Gasteiger partial charge >= 0.3 is 0 Å². The van der Waals surface area contributed by atoms with Crippen LogP contribution in [0.4, 0.5) is 0 Å². The fraction of sp³-hybridized carbons (Fsp3) is 0.429. The second-order valence-corrected chi connectivity index (χ2v) is 5.88. The van der Waals surface area contributed by atoms with Crippen molar-refractivity contribution in [2.24, 2.45) is 0 Å². The predicted octanol–water partition coefficient (Wildman–Crippen LogP) is 2.78. The molecule has 0 aliphatic rings. The molecule has 102 valence electrons.